The SMILES string of the molecule is CCc1ccc(-c2cc3n(n2)C[C@](C)(C(=O)NC2CCCCCC2)N(c2ccccc2F)C3=O)cc1. The molecule has 2 aromatic carbocycles. The van der Waals surface area contributed by atoms with Crippen LogP contribution in [0.15, 0.2) is 54.6 Å². The van der Waals surface area contributed by atoms with Gasteiger partial charge in [0.1, 0.15) is 17.1 Å². The van der Waals surface area contributed by atoms with Gasteiger partial charge in [0.2, 0.25) is 5.91 Å². The molecule has 188 valence electrons. The van der Waals surface area contributed by atoms with Crippen molar-refractivity contribution in [2.45, 2.75) is 76.9 Å². The number of benzene rings is 2. The van der Waals surface area contributed by atoms with E-state index in [4.69, 9.17) is 5.10 Å². The van der Waals surface area contributed by atoms with Crippen molar-refractivity contribution in [2.24, 2.45) is 0 Å². The second-order valence-corrected chi connectivity index (χ2v) is 10.2. The lowest BCUT2D eigenvalue weighted by Crippen LogP contribution is -2.65. The van der Waals surface area contributed by atoms with Crippen LogP contribution >= 0.6 is 0 Å². The van der Waals surface area contributed by atoms with Crippen molar-refractivity contribution in [2.75, 3.05) is 4.90 Å². The molecule has 1 saturated carbocycles. The van der Waals surface area contributed by atoms with E-state index in [1.807, 2.05) is 24.3 Å². The number of aromatic nitrogens is 2. The van der Waals surface area contributed by atoms with Gasteiger partial charge in [0.15, 0.2) is 0 Å². The third kappa shape index (κ3) is 4.43. The lowest BCUT2D eigenvalue weighted by Gasteiger charge is -2.43. The lowest BCUT2D eigenvalue weighted by atomic mass is 9.93. The van der Waals surface area contributed by atoms with E-state index in [2.05, 4.69) is 12.2 Å². The van der Waals surface area contributed by atoms with Crippen LogP contribution < -0.4 is 10.2 Å². The topological polar surface area (TPSA) is 67.2 Å². The number of fused-ring (bicyclic) bond motifs is 1. The third-order valence-electron chi connectivity index (χ3n) is 7.58. The predicted octanol–water partition coefficient (Wildman–Crippen LogP) is 5.51. The number of amides is 2. The molecule has 1 aliphatic carbocycles. The zero-order valence-electron chi connectivity index (χ0n) is 21.0. The molecule has 1 atom stereocenters. The van der Waals surface area contributed by atoms with Crippen LogP contribution in [0.4, 0.5) is 10.1 Å². The average molecular weight is 489 g/mol. The minimum absolute atomic E-state index is 0.0565. The van der Waals surface area contributed by atoms with Crippen molar-refractivity contribution < 1.29 is 14.0 Å². The largest absolute Gasteiger partial charge is 0.351 e. The van der Waals surface area contributed by atoms with Crippen molar-refractivity contribution in [1.29, 1.82) is 0 Å². The molecule has 0 spiro atoms. The van der Waals surface area contributed by atoms with Crippen molar-refractivity contribution >= 4 is 17.5 Å². The Morgan fingerprint density at radius 1 is 1.08 bits per heavy atom. The van der Waals surface area contributed by atoms with E-state index in [1.165, 1.54) is 29.4 Å². The summed E-state index contributed by atoms with van der Waals surface area (Å²) in [6, 6.07) is 16.0. The molecule has 1 aromatic heterocycles. The maximum Gasteiger partial charge on any atom is 0.277 e. The monoisotopic (exact) mass is 488 g/mol. The van der Waals surface area contributed by atoms with E-state index in [0.29, 0.717) is 11.4 Å². The van der Waals surface area contributed by atoms with E-state index in [0.717, 1.165) is 37.7 Å². The average Bonchev–Trinajstić information content (AvgIpc) is 3.13. The summed E-state index contributed by atoms with van der Waals surface area (Å²) < 4.78 is 16.6. The first-order valence-electron chi connectivity index (χ1n) is 13.0. The van der Waals surface area contributed by atoms with E-state index in [1.54, 1.807) is 35.9 Å². The van der Waals surface area contributed by atoms with Crippen LogP contribution in [-0.4, -0.2) is 33.2 Å². The Hall–Kier alpha value is -3.48. The number of nitrogens with zero attached hydrogens (tertiary/aromatic N) is 3. The number of hydrogen-bond donors (Lipinski definition) is 1. The molecule has 1 aliphatic heterocycles. The van der Waals surface area contributed by atoms with Gasteiger partial charge in [0, 0.05) is 11.6 Å². The molecular weight excluding hydrogens is 455 g/mol. The molecule has 0 unspecified atom stereocenters. The number of halogens is 1. The van der Waals surface area contributed by atoms with E-state index in [9.17, 15) is 9.59 Å². The summed E-state index contributed by atoms with van der Waals surface area (Å²) in [6.45, 7) is 3.94. The Morgan fingerprint density at radius 3 is 2.44 bits per heavy atom. The number of carbonyl (C=O) groups excluding carboxylic acids is 2. The summed E-state index contributed by atoms with van der Waals surface area (Å²) in [5, 5.41) is 7.91. The van der Waals surface area contributed by atoms with Crippen molar-refractivity contribution in [3.63, 3.8) is 0 Å². The number of para-hydroxylation sites is 1. The Morgan fingerprint density at radius 2 is 1.78 bits per heavy atom. The highest BCUT2D eigenvalue weighted by atomic mass is 19.1. The lowest BCUT2D eigenvalue weighted by molar-refractivity contribution is -0.127. The van der Waals surface area contributed by atoms with Gasteiger partial charge in [0.25, 0.3) is 5.91 Å². The number of nitrogens with one attached hydrogen (secondary N) is 1. The second-order valence-electron chi connectivity index (χ2n) is 10.2. The number of hydrogen-bond acceptors (Lipinski definition) is 3. The molecule has 0 bridgehead atoms. The minimum Gasteiger partial charge on any atom is -0.351 e. The molecule has 1 fully saturated rings. The number of aryl methyl sites for hydroxylation is 1. The fourth-order valence-corrected chi connectivity index (χ4v) is 5.41. The Bertz CT molecular complexity index is 1260. The molecule has 1 N–H and O–H groups in total. The number of rotatable bonds is 5. The van der Waals surface area contributed by atoms with Crippen LogP contribution in [0.2, 0.25) is 0 Å². The van der Waals surface area contributed by atoms with Crippen molar-refractivity contribution in [1.82, 2.24) is 15.1 Å². The standard InChI is InChI=1S/C29H33FN4O2/c1-3-20-14-16-21(17-15-20)24-18-26-27(35)34(25-13-9-8-12-23(25)30)29(2,19-33(26)32-24)28(36)31-22-10-6-4-5-7-11-22/h8-9,12-18,22H,3-7,10-11,19H2,1-2H3,(H,31,36)/t29-/m1/s1. The van der Waals surface area contributed by atoms with Gasteiger partial charge in [-0.25, -0.2) is 4.39 Å². The van der Waals surface area contributed by atoms with Gasteiger partial charge < -0.3 is 5.32 Å². The molecule has 5 rings (SSSR count). The highest BCUT2D eigenvalue weighted by Crippen LogP contribution is 2.36. The quantitative estimate of drug-likeness (QED) is 0.482. The molecule has 36 heavy (non-hydrogen) atoms. The first kappa shape index (κ1) is 24.2. The molecule has 2 amide bonds. The molecule has 0 radical (unpaired) electrons. The number of carbonyl (C=O) groups is 2. The van der Waals surface area contributed by atoms with Crippen molar-refractivity contribution in [3.05, 3.63) is 71.7 Å². The third-order valence-corrected chi connectivity index (χ3v) is 7.58. The highest BCUT2D eigenvalue weighted by molar-refractivity contribution is 6.12. The normalized spacial score (nSPS) is 20.6. The summed E-state index contributed by atoms with van der Waals surface area (Å²) in [5.74, 6) is -1.25. The van der Waals surface area contributed by atoms with Gasteiger partial charge in [-0.2, -0.15) is 5.10 Å². The van der Waals surface area contributed by atoms with E-state index < -0.39 is 17.3 Å². The van der Waals surface area contributed by atoms with Gasteiger partial charge in [-0.3, -0.25) is 19.2 Å². The summed E-state index contributed by atoms with van der Waals surface area (Å²) in [7, 11) is 0. The van der Waals surface area contributed by atoms with Crippen LogP contribution in [0, 0.1) is 5.82 Å². The fourth-order valence-electron chi connectivity index (χ4n) is 5.41. The van der Waals surface area contributed by atoms with Gasteiger partial charge in [-0.15, -0.1) is 0 Å². The summed E-state index contributed by atoms with van der Waals surface area (Å²) in [4.78, 5) is 29.1. The van der Waals surface area contributed by atoms with Crippen LogP contribution in [0.1, 0.15) is 68.4 Å². The fraction of sp³-hybridized carbons (Fsp3) is 0.414. The summed E-state index contributed by atoms with van der Waals surface area (Å²) in [6.07, 6.45) is 7.25. The first-order chi connectivity index (χ1) is 17.4. The number of anilines is 1. The van der Waals surface area contributed by atoms with Crippen molar-refractivity contribution in [3.8, 4) is 11.3 Å². The predicted molar refractivity (Wildman–Crippen MR) is 138 cm³/mol. The van der Waals surface area contributed by atoms with Crippen LogP contribution in [-0.2, 0) is 17.8 Å². The highest BCUT2D eigenvalue weighted by Gasteiger charge is 2.50. The molecule has 7 heteroatoms. The molecule has 2 aliphatic rings. The van der Waals surface area contributed by atoms with Gasteiger partial charge >= 0.3 is 0 Å². The van der Waals surface area contributed by atoms with E-state index >= 15 is 4.39 Å². The van der Waals surface area contributed by atoms with Crippen LogP contribution in [0.5, 0.6) is 0 Å². The maximum absolute atomic E-state index is 15.0. The Labute approximate surface area is 211 Å². The first-order valence-corrected chi connectivity index (χ1v) is 13.0. The summed E-state index contributed by atoms with van der Waals surface area (Å²) in [5.41, 5.74) is 1.86. The Balaban J connectivity index is 1.54. The van der Waals surface area contributed by atoms with Gasteiger partial charge in [-0.05, 0) is 49.9 Å². The Kier molecular flexibility index (Phi) is 6.65. The molecule has 0 saturated heterocycles. The summed E-state index contributed by atoms with van der Waals surface area (Å²) >= 11 is 0. The minimum atomic E-state index is -1.34. The smallest absolute Gasteiger partial charge is 0.277 e. The second kappa shape index (κ2) is 9.88. The van der Waals surface area contributed by atoms with E-state index in [-0.39, 0.29) is 24.2 Å². The van der Waals surface area contributed by atoms with Crippen LogP contribution in [0.25, 0.3) is 11.3 Å². The van der Waals surface area contributed by atoms with Crippen LogP contribution in [0.3, 0.4) is 0 Å². The molecule has 3 aromatic rings. The maximum atomic E-state index is 15.0. The van der Waals surface area contributed by atoms with Gasteiger partial charge in [-0.1, -0.05) is 69.0 Å². The zero-order valence-corrected chi connectivity index (χ0v) is 21.0. The molecule has 2 heterocycles. The van der Waals surface area contributed by atoms with Gasteiger partial charge in [0.05, 0.1) is 17.9 Å². The molecule has 6 nitrogen and oxygen atoms in total. The molecular formula is C29H33FN4O2. The zero-order chi connectivity index (χ0) is 25.3.